The highest BCUT2D eigenvalue weighted by molar-refractivity contribution is 5.18. The molecule has 0 spiro atoms. The number of hydrogen-bond acceptors (Lipinski definition) is 2. The predicted molar refractivity (Wildman–Crippen MR) is 57.9 cm³/mol. The first-order valence-electron chi connectivity index (χ1n) is 5.32. The number of ether oxygens (including phenoxy) is 1. The summed E-state index contributed by atoms with van der Waals surface area (Å²) < 4.78 is 4.72. The third kappa shape index (κ3) is 3.64. The van der Waals surface area contributed by atoms with E-state index in [9.17, 15) is 0 Å². The van der Waals surface area contributed by atoms with Gasteiger partial charge in [-0.05, 0) is 24.8 Å². The quantitative estimate of drug-likeness (QED) is 0.553. The van der Waals surface area contributed by atoms with Gasteiger partial charge in [-0.2, -0.15) is 0 Å². The molecule has 0 amide bonds. The summed E-state index contributed by atoms with van der Waals surface area (Å²) in [4.78, 5) is 0. The van der Waals surface area contributed by atoms with Crippen molar-refractivity contribution in [1.29, 1.82) is 0 Å². The molecule has 0 saturated heterocycles. The molecule has 1 saturated carbocycles. The fourth-order valence-electron chi connectivity index (χ4n) is 1.89. The maximum atomic E-state index is 9.16. The first-order valence-corrected chi connectivity index (χ1v) is 5.32. The Morgan fingerprint density at radius 2 is 2.07 bits per heavy atom. The van der Waals surface area contributed by atoms with E-state index >= 15 is 0 Å². The number of rotatable bonds is 4. The van der Waals surface area contributed by atoms with Crippen molar-refractivity contribution in [1.82, 2.24) is 0 Å². The van der Waals surface area contributed by atoms with Crippen LogP contribution in [0.2, 0.25) is 0 Å². The molecule has 2 nitrogen and oxygen atoms in total. The Bertz CT molecular complexity index is 202. The summed E-state index contributed by atoms with van der Waals surface area (Å²) >= 11 is 0. The van der Waals surface area contributed by atoms with Gasteiger partial charge in [-0.15, -0.1) is 0 Å². The molecule has 0 aliphatic heterocycles. The number of aliphatic hydroxyl groups is 1. The molecular weight excluding hydrogens is 176 g/mol. The van der Waals surface area contributed by atoms with Gasteiger partial charge in [-0.25, -0.2) is 0 Å². The van der Waals surface area contributed by atoms with Gasteiger partial charge in [-0.1, -0.05) is 37.5 Å². The van der Waals surface area contributed by atoms with Crippen LogP contribution >= 0.6 is 0 Å². The molecule has 0 bridgehead atoms. The van der Waals surface area contributed by atoms with Crippen molar-refractivity contribution in [2.24, 2.45) is 5.92 Å². The zero-order valence-electron chi connectivity index (χ0n) is 8.91. The third-order valence-corrected chi connectivity index (χ3v) is 2.85. The Morgan fingerprint density at radius 3 is 2.64 bits per heavy atom. The Labute approximate surface area is 86.3 Å². The SMILES string of the molecule is C=C(C=CC(O)OC)C1CCCCC1. The van der Waals surface area contributed by atoms with E-state index in [1.807, 2.05) is 6.08 Å². The monoisotopic (exact) mass is 196 g/mol. The highest BCUT2D eigenvalue weighted by Gasteiger charge is 2.14. The second-order valence-corrected chi connectivity index (χ2v) is 3.90. The van der Waals surface area contributed by atoms with Gasteiger partial charge >= 0.3 is 0 Å². The van der Waals surface area contributed by atoms with Gasteiger partial charge in [0.15, 0.2) is 6.29 Å². The molecule has 0 aromatic rings. The fourth-order valence-corrected chi connectivity index (χ4v) is 1.89. The number of allylic oxidation sites excluding steroid dienone is 2. The van der Waals surface area contributed by atoms with Crippen LogP contribution in [0.4, 0.5) is 0 Å². The predicted octanol–water partition coefficient (Wildman–Crippen LogP) is 2.64. The van der Waals surface area contributed by atoms with Crippen LogP contribution in [0, 0.1) is 5.92 Å². The molecule has 1 unspecified atom stereocenters. The van der Waals surface area contributed by atoms with Crippen molar-refractivity contribution in [3.8, 4) is 0 Å². The van der Waals surface area contributed by atoms with E-state index in [1.165, 1.54) is 39.2 Å². The smallest absolute Gasteiger partial charge is 0.174 e. The molecule has 0 heterocycles. The van der Waals surface area contributed by atoms with Crippen molar-refractivity contribution in [3.63, 3.8) is 0 Å². The largest absolute Gasteiger partial charge is 0.365 e. The van der Waals surface area contributed by atoms with E-state index in [0.717, 1.165) is 5.57 Å². The average Bonchev–Trinajstić information content (AvgIpc) is 2.26. The topological polar surface area (TPSA) is 29.5 Å². The Balaban J connectivity index is 2.36. The molecule has 0 radical (unpaired) electrons. The van der Waals surface area contributed by atoms with Gasteiger partial charge in [0.2, 0.25) is 0 Å². The number of aliphatic hydroxyl groups excluding tert-OH is 1. The van der Waals surface area contributed by atoms with Crippen molar-refractivity contribution in [3.05, 3.63) is 24.3 Å². The number of methoxy groups -OCH3 is 1. The van der Waals surface area contributed by atoms with Crippen LogP contribution in [0.5, 0.6) is 0 Å². The zero-order valence-corrected chi connectivity index (χ0v) is 8.91. The van der Waals surface area contributed by atoms with Gasteiger partial charge in [-0.3, -0.25) is 0 Å². The molecule has 2 heteroatoms. The third-order valence-electron chi connectivity index (χ3n) is 2.85. The molecular formula is C12H20O2. The molecule has 1 rings (SSSR count). The second kappa shape index (κ2) is 5.99. The van der Waals surface area contributed by atoms with Crippen molar-refractivity contribution < 1.29 is 9.84 Å². The minimum atomic E-state index is -0.796. The summed E-state index contributed by atoms with van der Waals surface area (Å²) in [5, 5.41) is 9.16. The van der Waals surface area contributed by atoms with Crippen molar-refractivity contribution in [2.75, 3.05) is 7.11 Å². The first-order chi connectivity index (χ1) is 6.74. The Morgan fingerprint density at radius 1 is 1.43 bits per heavy atom. The summed E-state index contributed by atoms with van der Waals surface area (Å²) in [6.07, 6.45) is 9.21. The molecule has 1 atom stereocenters. The van der Waals surface area contributed by atoms with Crippen molar-refractivity contribution in [2.45, 2.75) is 38.4 Å². The average molecular weight is 196 g/mol. The van der Waals surface area contributed by atoms with E-state index in [-0.39, 0.29) is 0 Å². The van der Waals surface area contributed by atoms with Crippen LogP contribution in [0.1, 0.15) is 32.1 Å². The lowest BCUT2D eigenvalue weighted by Gasteiger charge is -2.22. The van der Waals surface area contributed by atoms with Crippen LogP contribution in [0.15, 0.2) is 24.3 Å². The molecule has 14 heavy (non-hydrogen) atoms. The summed E-state index contributed by atoms with van der Waals surface area (Å²) in [6, 6.07) is 0. The highest BCUT2D eigenvalue weighted by atomic mass is 16.6. The fraction of sp³-hybridized carbons (Fsp3) is 0.667. The van der Waals surface area contributed by atoms with Gasteiger partial charge in [0.1, 0.15) is 0 Å². The van der Waals surface area contributed by atoms with Crippen LogP contribution in [-0.2, 0) is 4.74 Å². The van der Waals surface area contributed by atoms with Gasteiger partial charge in [0.05, 0.1) is 0 Å². The zero-order chi connectivity index (χ0) is 10.4. The minimum absolute atomic E-state index is 0.615. The maximum Gasteiger partial charge on any atom is 0.174 e. The Kier molecular flexibility index (Phi) is 4.91. The second-order valence-electron chi connectivity index (χ2n) is 3.90. The highest BCUT2D eigenvalue weighted by Crippen LogP contribution is 2.29. The minimum Gasteiger partial charge on any atom is -0.365 e. The lowest BCUT2D eigenvalue weighted by Crippen LogP contribution is -2.08. The van der Waals surface area contributed by atoms with Gasteiger partial charge in [0.25, 0.3) is 0 Å². The van der Waals surface area contributed by atoms with E-state index in [1.54, 1.807) is 6.08 Å². The van der Waals surface area contributed by atoms with Crippen LogP contribution in [0.25, 0.3) is 0 Å². The molecule has 0 aromatic carbocycles. The van der Waals surface area contributed by atoms with Crippen molar-refractivity contribution >= 4 is 0 Å². The lowest BCUT2D eigenvalue weighted by molar-refractivity contribution is -0.0357. The summed E-state index contributed by atoms with van der Waals surface area (Å²) in [5.41, 5.74) is 1.13. The van der Waals surface area contributed by atoms with Crippen LogP contribution in [0.3, 0.4) is 0 Å². The van der Waals surface area contributed by atoms with Crippen LogP contribution < -0.4 is 0 Å². The lowest BCUT2D eigenvalue weighted by atomic mass is 9.84. The number of hydrogen-bond donors (Lipinski definition) is 1. The maximum absolute atomic E-state index is 9.16. The normalized spacial score (nSPS) is 21.3. The van der Waals surface area contributed by atoms with Crippen LogP contribution in [-0.4, -0.2) is 18.5 Å². The summed E-state index contributed by atoms with van der Waals surface area (Å²) in [5.74, 6) is 0.615. The van der Waals surface area contributed by atoms with Gasteiger partial charge in [0, 0.05) is 7.11 Å². The molecule has 80 valence electrons. The molecule has 0 aromatic heterocycles. The van der Waals surface area contributed by atoms with E-state index in [2.05, 4.69) is 6.58 Å². The first kappa shape index (κ1) is 11.5. The summed E-state index contributed by atoms with van der Waals surface area (Å²) in [6.45, 7) is 4.03. The molecule has 1 aliphatic rings. The van der Waals surface area contributed by atoms with E-state index in [0.29, 0.717) is 5.92 Å². The molecule has 1 fully saturated rings. The Hall–Kier alpha value is -0.600. The standard InChI is InChI=1S/C12H20O2/c1-10(8-9-12(13)14-2)11-6-4-3-5-7-11/h8-9,11-13H,1,3-7H2,2H3. The van der Waals surface area contributed by atoms with Gasteiger partial charge < -0.3 is 9.84 Å². The summed E-state index contributed by atoms with van der Waals surface area (Å²) in [7, 11) is 1.48. The molecule has 1 aliphatic carbocycles. The molecule has 1 N–H and O–H groups in total. The van der Waals surface area contributed by atoms with E-state index in [4.69, 9.17) is 9.84 Å². The van der Waals surface area contributed by atoms with E-state index < -0.39 is 6.29 Å².